The van der Waals surface area contributed by atoms with Crippen molar-refractivity contribution in [2.45, 2.75) is 125 Å². The number of nitrogens with zero attached hydrogens (tertiary/aromatic N) is 3. The quantitative estimate of drug-likeness (QED) is 0.00906. The van der Waals surface area contributed by atoms with Crippen LogP contribution in [-0.2, 0) is 56.7 Å². The van der Waals surface area contributed by atoms with Gasteiger partial charge in [0.2, 0.25) is 5.75 Å². The summed E-state index contributed by atoms with van der Waals surface area (Å²) >= 11 is 0. The molecule has 4 aromatic heterocycles. The molecular formula is C115H114B3F4N3O21. The zero-order valence-electron chi connectivity index (χ0n) is 83.7. The molecule has 146 heavy (non-hydrogen) atoms. The minimum absolute atomic E-state index is 0.0447. The lowest BCUT2D eigenvalue weighted by atomic mass is 9.78. The monoisotopic (exact) mass is 1980 g/mol. The summed E-state index contributed by atoms with van der Waals surface area (Å²) in [6, 6.07) is 49.0. The average molecular weight is 1980 g/mol. The number of allylic oxidation sites excluding steroid dienone is 12. The van der Waals surface area contributed by atoms with E-state index in [4.69, 9.17) is 47.0 Å². The number of fused-ring (bicyclic) bond motifs is 4. The SMILES string of the molecule is CCCC(=O)Oc1c(OC)cc(/C=C2/C(C)=C(CCC(=O)Cc3ccccn3)c3cc(F)ccc32)cc1OC.COc1cc(/C=C2/C(C)=C(CCC(=O)Cc3cccn3C)c3cc(F)ccc32)cc(OC)c1B(O)O.COc1cc(/C=C2/C(C)=C(CCC(=O)Cc3cccnc3)c3cc(F)ccc32)cc(OC)c1B(O)O.COc1cc(/C=C2/C(C)=C(CCC(=O)Cc3ccco3)c3cc(F)ccc32)cc(OC)c1B(O)O. The maximum absolute atomic E-state index is 14.3. The van der Waals surface area contributed by atoms with E-state index in [1.165, 1.54) is 105 Å². The second-order valence-electron chi connectivity index (χ2n) is 35.3. The fourth-order valence-corrected chi connectivity index (χ4v) is 18.6. The first-order valence-electron chi connectivity index (χ1n) is 47.4. The van der Waals surface area contributed by atoms with E-state index in [0.717, 1.165) is 139 Å². The number of pyridine rings is 2. The van der Waals surface area contributed by atoms with Gasteiger partial charge in [-0.3, -0.25) is 33.9 Å². The highest BCUT2D eigenvalue weighted by atomic mass is 19.1. The summed E-state index contributed by atoms with van der Waals surface area (Å²) in [7, 11) is 8.29. The van der Waals surface area contributed by atoms with Crippen LogP contribution in [0.5, 0.6) is 51.7 Å². The van der Waals surface area contributed by atoms with Gasteiger partial charge in [0, 0.05) is 94.6 Å². The minimum atomic E-state index is -1.76. The maximum Gasteiger partial charge on any atom is 0.496 e. The van der Waals surface area contributed by atoms with Crippen molar-refractivity contribution in [2.24, 2.45) is 7.05 Å². The summed E-state index contributed by atoms with van der Waals surface area (Å²) < 4.78 is 113. The number of methoxy groups -OCH3 is 8. The van der Waals surface area contributed by atoms with Gasteiger partial charge in [0.1, 0.15) is 86.7 Å². The van der Waals surface area contributed by atoms with Gasteiger partial charge >= 0.3 is 27.3 Å². The number of aryl methyl sites for hydroxylation is 1. The third kappa shape index (κ3) is 25.9. The molecule has 0 bridgehead atoms. The molecule has 0 radical (unpaired) electrons. The van der Waals surface area contributed by atoms with E-state index in [1.54, 1.807) is 116 Å². The lowest BCUT2D eigenvalue weighted by Crippen LogP contribution is -2.32. The normalized spacial score (nSPS) is 13.7. The van der Waals surface area contributed by atoms with Gasteiger partial charge in [0.05, 0.1) is 86.0 Å². The van der Waals surface area contributed by atoms with Gasteiger partial charge in [0.15, 0.2) is 11.5 Å². The predicted octanol–water partition coefficient (Wildman–Crippen LogP) is 18.5. The Balaban J connectivity index is 0.000000163. The molecule has 4 aliphatic carbocycles. The van der Waals surface area contributed by atoms with E-state index in [-0.39, 0.29) is 128 Å². The molecule has 0 amide bonds. The average Bonchev–Trinajstić information content (AvgIpc) is 1.62. The molecule has 0 fully saturated rings. The Bertz CT molecular complexity index is 7060. The lowest BCUT2D eigenvalue weighted by molar-refractivity contribution is -0.134. The third-order valence-corrected chi connectivity index (χ3v) is 25.9. The summed E-state index contributed by atoms with van der Waals surface area (Å²) in [6.07, 6.45) is 21.6. The highest BCUT2D eigenvalue weighted by Crippen LogP contribution is 2.51. The van der Waals surface area contributed by atoms with E-state index in [2.05, 4.69) is 9.97 Å². The Morgan fingerprint density at radius 3 is 1.03 bits per heavy atom. The number of carbonyl (C=O) groups excluding carboxylic acids is 5. The number of Topliss-reactive ketones (excluding diaryl/α,β-unsaturated/α-hetero) is 4. The molecule has 0 atom stereocenters. The number of hydrogen-bond donors (Lipinski definition) is 6. The van der Waals surface area contributed by atoms with Crippen LogP contribution in [0.2, 0.25) is 0 Å². The van der Waals surface area contributed by atoms with Crippen molar-refractivity contribution in [3.8, 4) is 51.7 Å². The number of benzene rings is 8. The van der Waals surface area contributed by atoms with Crippen LogP contribution in [0.4, 0.5) is 17.6 Å². The van der Waals surface area contributed by atoms with Crippen LogP contribution in [-0.4, -0.2) is 152 Å². The summed E-state index contributed by atoms with van der Waals surface area (Å²) in [5.41, 5.74) is 23.6. The molecule has 8 aromatic carbocycles. The molecular weight excluding hydrogens is 1870 g/mol. The van der Waals surface area contributed by atoms with Gasteiger partial charge in [-0.2, -0.15) is 0 Å². The number of rotatable bonds is 38. The van der Waals surface area contributed by atoms with E-state index in [0.29, 0.717) is 99.0 Å². The maximum atomic E-state index is 14.3. The van der Waals surface area contributed by atoms with Crippen LogP contribution in [0.15, 0.2) is 234 Å². The number of carbonyl (C=O) groups is 5. The lowest BCUT2D eigenvalue weighted by Gasteiger charge is -2.14. The summed E-state index contributed by atoms with van der Waals surface area (Å²) in [5.74, 6) is 1.85. The smallest absolute Gasteiger partial charge is 0.496 e. The summed E-state index contributed by atoms with van der Waals surface area (Å²) in [6.45, 7) is 9.77. The summed E-state index contributed by atoms with van der Waals surface area (Å²) in [4.78, 5) is 71.0. The first-order valence-corrected chi connectivity index (χ1v) is 47.4. The third-order valence-electron chi connectivity index (χ3n) is 25.9. The number of hydrogen-bond acceptors (Lipinski definition) is 23. The molecule has 752 valence electrons. The van der Waals surface area contributed by atoms with Crippen LogP contribution >= 0.6 is 0 Å². The van der Waals surface area contributed by atoms with E-state index >= 15 is 0 Å². The number of halogens is 4. The van der Waals surface area contributed by atoms with E-state index < -0.39 is 21.4 Å². The number of ketones is 4. The molecule has 12 aromatic rings. The van der Waals surface area contributed by atoms with Gasteiger partial charge in [-0.15, -0.1) is 0 Å². The van der Waals surface area contributed by atoms with Crippen molar-refractivity contribution in [1.29, 1.82) is 0 Å². The highest BCUT2D eigenvalue weighted by Gasteiger charge is 2.34. The van der Waals surface area contributed by atoms with Crippen molar-refractivity contribution < 1.29 is 119 Å². The minimum Gasteiger partial charge on any atom is -0.497 e. The molecule has 16 rings (SSSR count). The number of esters is 1. The number of furan rings is 1. The Kier molecular flexibility index (Phi) is 36.9. The predicted molar refractivity (Wildman–Crippen MR) is 560 cm³/mol. The molecule has 0 unspecified atom stereocenters. The zero-order valence-corrected chi connectivity index (χ0v) is 83.7. The Morgan fingerprint density at radius 1 is 0.377 bits per heavy atom. The van der Waals surface area contributed by atoms with Crippen LogP contribution in [0.3, 0.4) is 0 Å². The Hall–Kier alpha value is -15.2. The molecule has 31 heteroatoms. The van der Waals surface area contributed by atoms with Gasteiger partial charge in [-0.1, -0.05) is 43.3 Å². The second kappa shape index (κ2) is 49.8. The van der Waals surface area contributed by atoms with E-state index in [9.17, 15) is 71.7 Å². The number of ether oxygens (including phenoxy) is 9. The van der Waals surface area contributed by atoms with Gasteiger partial charge in [-0.05, 0) is 363 Å². The Labute approximate surface area is 846 Å². The second-order valence-corrected chi connectivity index (χ2v) is 35.3. The van der Waals surface area contributed by atoms with Crippen molar-refractivity contribution in [2.75, 3.05) is 56.9 Å². The molecule has 0 saturated carbocycles. The van der Waals surface area contributed by atoms with Gasteiger partial charge in [0.25, 0.3) is 0 Å². The van der Waals surface area contributed by atoms with Crippen molar-refractivity contribution in [1.82, 2.24) is 14.5 Å². The molecule has 0 saturated heterocycles. The van der Waals surface area contributed by atoms with Crippen LogP contribution in [0.1, 0.15) is 188 Å². The molecule has 4 heterocycles. The van der Waals surface area contributed by atoms with Crippen LogP contribution in [0, 0.1) is 23.3 Å². The molecule has 24 nitrogen and oxygen atoms in total. The first-order chi connectivity index (χ1) is 70.2. The standard InChI is InChI=1S/C32H32FNO5.C28H29BFNO5.C28H27BFNO5.C27H26BFO6/c1-5-8-31(36)39-32-29(37-3)16-21(17-30(32)38-4)15-27-20(2)25(28-18-22(33)10-12-26(27)28)13-11-24(35)19-23-9-6-7-14-34-23;1-17-22(10-8-21(32)16-20-6-5-11-31(20)2)25-15-19(30)7-9-23(25)24(17)12-18-13-26(35-3)28(29(33)34)27(14-18)36-4;1-17-22(9-7-21(32)11-18-5-4-10-31-16-18)25-15-20(30)6-8-23(25)24(17)12-19-13-26(35-2)28(29(33)34)27(14-19)36-3;1-16-21(9-7-19(30)15-20-5-4-10-35-20)24-14-18(29)6-8-22(24)23(16)11-17-12-25(33-2)27(28(31)32)26(13-17)34-3/h6-7,9-10,12,14-18H,5,8,11,13,19H2,1-4H3;5-7,9,11-15,33-34H,8,10,16H2,1-4H3;4-6,8,10,12-16,33-34H,7,9,11H2,1-3H3;4-6,8,10-14,31-32H,7,9,15H2,1-3H3/b27-15-;2*24-12-;23-11-. The van der Waals surface area contributed by atoms with Crippen molar-refractivity contribution in [3.05, 3.63) is 342 Å². The largest absolute Gasteiger partial charge is 0.497 e. The number of aromatic nitrogens is 3. The molecule has 0 spiro atoms. The van der Waals surface area contributed by atoms with Crippen LogP contribution in [0.25, 0.3) is 68.9 Å². The molecule has 4 aliphatic rings. The van der Waals surface area contributed by atoms with Crippen molar-refractivity contribution in [3.63, 3.8) is 0 Å². The summed E-state index contributed by atoms with van der Waals surface area (Å²) in [5, 5.41) is 58.5. The fraction of sp³-hybridized carbons (Fsp3) is 0.243. The highest BCUT2D eigenvalue weighted by molar-refractivity contribution is 6.62. The topological polar surface area (TPSA) is 334 Å². The van der Waals surface area contributed by atoms with Crippen molar-refractivity contribution >= 4 is 136 Å². The first kappa shape index (κ1) is 108. The zero-order chi connectivity index (χ0) is 105. The van der Waals surface area contributed by atoms with Gasteiger partial charge in [-0.25, -0.2) is 17.6 Å². The van der Waals surface area contributed by atoms with E-state index in [1.807, 2.05) is 113 Å². The van der Waals surface area contributed by atoms with Gasteiger partial charge < -0.3 is 81.8 Å². The molecule has 0 aliphatic heterocycles. The van der Waals surface area contributed by atoms with Crippen LogP contribution < -0.4 is 59.0 Å². The Morgan fingerprint density at radius 2 is 0.726 bits per heavy atom. The molecule has 6 N–H and O–H groups in total. The fourth-order valence-electron chi connectivity index (χ4n) is 18.6.